The van der Waals surface area contributed by atoms with Crippen LogP contribution in [0.1, 0.15) is 29.8 Å². The van der Waals surface area contributed by atoms with Gasteiger partial charge in [-0.15, -0.1) is 0 Å². The van der Waals surface area contributed by atoms with Gasteiger partial charge in [0.25, 0.3) is 5.91 Å². The highest BCUT2D eigenvalue weighted by Crippen LogP contribution is 2.31. The summed E-state index contributed by atoms with van der Waals surface area (Å²) in [6.45, 7) is 0.378. The SMILES string of the molecule is O=C(NCC1CCCC1C(=O)O)c1cn[nH]n1. The molecule has 2 unspecified atom stereocenters. The number of carboxylic acids is 1. The zero-order valence-corrected chi connectivity index (χ0v) is 9.22. The Morgan fingerprint density at radius 3 is 3.00 bits per heavy atom. The van der Waals surface area contributed by atoms with E-state index >= 15 is 0 Å². The second-order valence-electron chi connectivity index (χ2n) is 4.20. The zero-order valence-electron chi connectivity index (χ0n) is 9.22. The molecule has 1 fully saturated rings. The van der Waals surface area contributed by atoms with Gasteiger partial charge in [0.15, 0.2) is 5.69 Å². The van der Waals surface area contributed by atoms with E-state index in [9.17, 15) is 9.59 Å². The van der Waals surface area contributed by atoms with Gasteiger partial charge >= 0.3 is 5.97 Å². The van der Waals surface area contributed by atoms with Crippen LogP contribution < -0.4 is 5.32 Å². The summed E-state index contributed by atoms with van der Waals surface area (Å²) in [5, 5.41) is 21.2. The third kappa shape index (κ3) is 2.61. The van der Waals surface area contributed by atoms with Crippen molar-refractivity contribution < 1.29 is 14.7 Å². The summed E-state index contributed by atoms with van der Waals surface area (Å²) in [5.41, 5.74) is 0.217. The van der Waals surface area contributed by atoms with E-state index in [0.29, 0.717) is 13.0 Å². The fourth-order valence-corrected chi connectivity index (χ4v) is 2.23. The predicted octanol–water partition coefficient (Wildman–Crippen LogP) is 0.0354. The quantitative estimate of drug-likeness (QED) is 0.686. The highest BCUT2D eigenvalue weighted by molar-refractivity contribution is 5.91. The molecule has 2 atom stereocenters. The lowest BCUT2D eigenvalue weighted by molar-refractivity contribution is -0.142. The van der Waals surface area contributed by atoms with Crippen molar-refractivity contribution in [3.8, 4) is 0 Å². The van der Waals surface area contributed by atoms with Crippen LogP contribution in [0.3, 0.4) is 0 Å². The van der Waals surface area contributed by atoms with E-state index in [1.54, 1.807) is 0 Å². The van der Waals surface area contributed by atoms with Crippen molar-refractivity contribution >= 4 is 11.9 Å². The van der Waals surface area contributed by atoms with Gasteiger partial charge in [-0.25, -0.2) is 0 Å². The number of aliphatic carboxylic acids is 1. The lowest BCUT2D eigenvalue weighted by atomic mass is 9.96. The molecule has 1 aliphatic rings. The first-order valence-corrected chi connectivity index (χ1v) is 5.55. The van der Waals surface area contributed by atoms with Gasteiger partial charge in [-0.1, -0.05) is 6.42 Å². The van der Waals surface area contributed by atoms with Crippen LogP contribution in [0.25, 0.3) is 0 Å². The van der Waals surface area contributed by atoms with Crippen molar-refractivity contribution in [1.29, 1.82) is 0 Å². The molecule has 1 aromatic rings. The van der Waals surface area contributed by atoms with Crippen LogP contribution in [0.5, 0.6) is 0 Å². The molecule has 0 radical (unpaired) electrons. The van der Waals surface area contributed by atoms with Crippen LogP contribution >= 0.6 is 0 Å². The van der Waals surface area contributed by atoms with Gasteiger partial charge in [0.1, 0.15) is 0 Å². The summed E-state index contributed by atoms with van der Waals surface area (Å²) in [4.78, 5) is 22.5. The van der Waals surface area contributed by atoms with Crippen LogP contribution in [0.4, 0.5) is 0 Å². The fraction of sp³-hybridized carbons (Fsp3) is 0.600. The first-order chi connectivity index (χ1) is 8.18. The number of carbonyl (C=O) groups excluding carboxylic acids is 1. The van der Waals surface area contributed by atoms with E-state index in [1.165, 1.54) is 6.20 Å². The summed E-state index contributed by atoms with van der Waals surface area (Å²) in [6, 6.07) is 0. The van der Waals surface area contributed by atoms with E-state index in [-0.39, 0.29) is 23.4 Å². The van der Waals surface area contributed by atoms with Crippen molar-refractivity contribution in [2.45, 2.75) is 19.3 Å². The number of H-pyrrole nitrogens is 1. The minimum Gasteiger partial charge on any atom is -0.481 e. The molecule has 3 N–H and O–H groups in total. The Labute approximate surface area is 97.6 Å². The molecule has 92 valence electrons. The molecular formula is C10H14N4O3. The normalized spacial score (nSPS) is 23.5. The number of nitrogens with zero attached hydrogens (tertiary/aromatic N) is 2. The molecule has 17 heavy (non-hydrogen) atoms. The van der Waals surface area contributed by atoms with Crippen molar-refractivity contribution in [3.05, 3.63) is 11.9 Å². The van der Waals surface area contributed by atoms with Gasteiger partial charge in [0.2, 0.25) is 0 Å². The van der Waals surface area contributed by atoms with Crippen LogP contribution in [-0.4, -0.2) is 38.9 Å². The number of aromatic nitrogens is 3. The number of nitrogens with one attached hydrogen (secondary N) is 2. The van der Waals surface area contributed by atoms with E-state index in [4.69, 9.17) is 5.11 Å². The Hall–Kier alpha value is -1.92. The smallest absolute Gasteiger partial charge is 0.306 e. The zero-order chi connectivity index (χ0) is 12.3. The maximum absolute atomic E-state index is 11.6. The molecule has 1 heterocycles. The standard InChI is InChI=1S/C10H14N4O3/c15-9(8-5-12-14-13-8)11-4-6-2-1-3-7(6)10(16)17/h5-7H,1-4H2,(H,11,15)(H,16,17)(H,12,13,14). The maximum Gasteiger partial charge on any atom is 0.306 e. The number of hydrogen-bond acceptors (Lipinski definition) is 4. The molecule has 1 aliphatic carbocycles. The van der Waals surface area contributed by atoms with E-state index in [1.807, 2.05) is 0 Å². The van der Waals surface area contributed by atoms with Crippen molar-refractivity contribution in [3.63, 3.8) is 0 Å². The number of carbonyl (C=O) groups is 2. The largest absolute Gasteiger partial charge is 0.481 e. The molecule has 2 rings (SSSR count). The van der Waals surface area contributed by atoms with Gasteiger partial charge < -0.3 is 10.4 Å². The molecule has 0 aromatic carbocycles. The van der Waals surface area contributed by atoms with Crippen LogP contribution in [-0.2, 0) is 4.79 Å². The first-order valence-electron chi connectivity index (χ1n) is 5.55. The molecule has 7 nitrogen and oxygen atoms in total. The molecule has 1 aromatic heterocycles. The van der Waals surface area contributed by atoms with Gasteiger partial charge in [-0.2, -0.15) is 15.4 Å². The summed E-state index contributed by atoms with van der Waals surface area (Å²) in [7, 11) is 0. The Balaban J connectivity index is 1.86. The average molecular weight is 238 g/mol. The van der Waals surface area contributed by atoms with Crippen molar-refractivity contribution in [2.24, 2.45) is 11.8 Å². The van der Waals surface area contributed by atoms with E-state index in [2.05, 4.69) is 20.7 Å². The molecule has 1 saturated carbocycles. The maximum atomic E-state index is 11.6. The van der Waals surface area contributed by atoms with E-state index in [0.717, 1.165) is 12.8 Å². The van der Waals surface area contributed by atoms with Crippen molar-refractivity contribution in [2.75, 3.05) is 6.54 Å². The summed E-state index contributed by atoms with van der Waals surface area (Å²) < 4.78 is 0. The van der Waals surface area contributed by atoms with Gasteiger partial charge in [-0.3, -0.25) is 9.59 Å². The molecule has 0 aliphatic heterocycles. The van der Waals surface area contributed by atoms with Gasteiger partial charge in [0.05, 0.1) is 12.1 Å². The first kappa shape index (κ1) is 11.6. The molecule has 7 heteroatoms. The number of amides is 1. The average Bonchev–Trinajstić information content (AvgIpc) is 2.96. The topological polar surface area (TPSA) is 108 Å². The summed E-state index contributed by atoms with van der Waals surface area (Å²) >= 11 is 0. The van der Waals surface area contributed by atoms with Crippen LogP contribution in [0.2, 0.25) is 0 Å². The third-order valence-corrected chi connectivity index (χ3v) is 3.15. The van der Waals surface area contributed by atoms with Crippen LogP contribution in [0.15, 0.2) is 6.20 Å². The minimum absolute atomic E-state index is 0.0170. The molecule has 1 amide bonds. The Morgan fingerprint density at radius 2 is 2.35 bits per heavy atom. The monoisotopic (exact) mass is 238 g/mol. The number of aromatic amines is 1. The number of hydrogen-bond donors (Lipinski definition) is 3. The van der Waals surface area contributed by atoms with Gasteiger partial charge in [-0.05, 0) is 18.8 Å². The summed E-state index contributed by atoms with van der Waals surface area (Å²) in [5.74, 6) is -1.42. The lowest BCUT2D eigenvalue weighted by Gasteiger charge is -2.15. The molecular weight excluding hydrogens is 224 g/mol. The molecule has 0 saturated heterocycles. The van der Waals surface area contributed by atoms with Gasteiger partial charge in [0, 0.05) is 6.54 Å². The lowest BCUT2D eigenvalue weighted by Crippen LogP contribution is -2.33. The van der Waals surface area contributed by atoms with E-state index < -0.39 is 5.97 Å². The Morgan fingerprint density at radius 1 is 1.53 bits per heavy atom. The molecule has 0 bridgehead atoms. The third-order valence-electron chi connectivity index (χ3n) is 3.15. The Bertz CT molecular complexity index is 404. The number of rotatable bonds is 4. The highest BCUT2D eigenvalue weighted by Gasteiger charge is 2.32. The number of carboxylic acid groups (broad SMARTS) is 1. The second-order valence-corrected chi connectivity index (χ2v) is 4.20. The van der Waals surface area contributed by atoms with Crippen LogP contribution in [0, 0.1) is 11.8 Å². The second kappa shape index (κ2) is 4.94. The highest BCUT2D eigenvalue weighted by atomic mass is 16.4. The Kier molecular flexibility index (Phi) is 3.36. The predicted molar refractivity (Wildman–Crippen MR) is 57.2 cm³/mol. The fourth-order valence-electron chi connectivity index (χ4n) is 2.23. The summed E-state index contributed by atoms with van der Waals surface area (Å²) in [6.07, 6.45) is 3.77. The van der Waals surface area contributed by atoms with Crippen molar-refractivity contribution in [1.82, 2.24) is 20.7 Å². The molecule has 0 spiro atoms. The minimum atomic E-state index is -0.775.